The van der Waals surface area contributed by atoms with E-state index in [-0.39, 0.29) is 23.6 Å². The molecule has 1 aliphatic heterocycles. The number of aryl methyl sites for hydroxylation is 1. The molecule has 2 fully saturated rings. The van der Waals surface area contributed by atoms with Gasteiger partial charge in [-0.2, -0.15) is 0 Å². The number of amides is 1. The van der Waals surface area contributed by atoms with Gasteiger partial charge in [-0.15, -0.1) is 0 Å². The van der Waals surface area contributed by atoms with Gasteiger partial charge in [-0.3, -0.25) is 19.1 Å². The van der Waals surface area contributed by atoms with Crippen molar-refractivity contribution in [2.75, 3.05) is 31.1 Å². The molecule has 1 saturated heterocycles. The summed E-state index contributed by atoms with van der Waals surface area (Å²) in [6.45, 7) is 6.99. The lowest BCUT2D eigenvalue weighted by Crippen LogP contribution is -2.50. The predicted octanol–water partition coefficient (Wildman–Crippen LogP) is 4.51. The zero-order valence-electron chi connectivity index (χ0n) is 22.9. The molecule has 39 heavy (non-hydrogen) atoms. The van der Waals surface area contributed by atoms with Gasteiger partial charge in [0.2, 0.25) is 0 Å². The second-order valence-electron chi connectivity index (χ2n) is 10.7. The fourth-order valence-corrected chi connectivity index (χ4v) is 5.29. The van der Waals surface area contributed by atoms with Crippen LogP contribution in [0.1, 0.15) is 66.6 Å². The fraction of sp³-hybridized carbons (Fsp3) is 0.419. The molecule has 1 atom stereocenters. The van der Waals surface area contributed by atoms with Crippen LogP contribution in [-0.4, -0.2) is 58.3 Å². The Labute approximate surface area is 230 Å². The molecule has 1 aromatic heterocycles. The van der Waals surface area contributed by atoms with E-state index in [4.69, 9.17) is 5.41 Å². The Bertz CT molecular complexity index is 1380. The molecule has 2 heterocycles. The molecule has 1 unspecified atom stereocenters. The topological polar surface area (TPSA) is 94.3 Å². The number of carbonyl (C=O) groups excluding carboxylic acids is 1. The van der Waals surface area contributed by atoms with E-state index >= 15 is 0 Å². The van der Waals surface area contributed by atoms with E-state index in [1.165, 1.54) is 5.56 Å². The number of rotatable bonds is 10. The molecule has 2 aliphatic rings. The number of aromatic nitrogens is 2. The average Bonchev–Trinajstić information content (AvgIpc) is 3.77. The van der Waals surface area contributed by atoms with Gasteiger partial charge < -0.3 is 15.6 Å². The minimum absolute atomic E-state index is 0.0976. The minimum Gasteiger partial charge on any atom is -0.349 e. The Hall–Kier alpha value is -3.78. The molecule has 8 nitrogen and oxygen atoms in total. The van der Waals surface area contributed by atoms with E-state index in [1.54, 1.807) is 23.0 Å². The van der Waals surface area contributed by atoms with Crippen LogP contribution in [0.25, 0.3) is 5.69 Å². The lowest BCUT2D eigenvalue weighted by atomic mass is 10.0. The Kier molecular flexibility index (Phi) is 8.21. The number of nitrogens with one attached hydrogen (secondary N) is 2. The largest absolute Gasteiger partial charge is 0.349 e. The summed E-state index contributed by atoms with van der Waals surface area (Å²) in [7, 11) is 0. The van der Waals surface area contributed by atoms with Gasteiger partial charge >= 0.3 is 0 Å². The van der Waals surface area contributed by atoms with Crippen LogP contribution in [-0.2, 0) is 0 Å². The van der Waals surface area contributed by atoms with Crippen molar-refractivity contribution >= 4 is 17.4 Å². The zero-order valence-corrected chi connectivity index (χ0v) is 22.9. The highest BCUT2D eigenvalue weighted by atomic mass is 16.2. The Balaban J connectivity index is 1.41. The standard InChI is InChI=1S/C31H38N6O2/c1-3-7-25(32)14-16-35-18-19-36(21-28(35)23-8-5-4-6-9-23)29-31(39)37(17-15-33-29)27-20-24(11-10-22(27)2)30(38)34-26-12-13-26/h4-6,8-11,15,17,20,26,28,32H,3,7,12-14,16,18-19,21H2,1-2H3,(H,34,38). The van der Waals surface area contributed by atoms with E-state index in [0.717, 1.165) is 56.5 Å². The van der Waals surface area contributed by atoms with Crippen molar-refractivity contribution in [1.29, 1.82) is 5.41 Å². The van der Waals surface area contributed by atoms with Crippen LogP contribution in [0.5, 0.6) is 0 Å². The molecule has 5 rings (SSSR count). The van der Waals surface area contributed by atoms with E-state index < -0.39 is 0 Å². The maximum Gasteiger partial charge on any atom is 0.298 e. The van der Waals surface area contributed by atoms with Crippen LogP contribution in [0.15, 0.2) is 65.7 Å². The van der Waals surface area contributed by atoms with Crippen molar-refractivity contribution in [3.05, 3.63) is 88.0 Å². The summed E-state index contributed by atoms with van der Waals surface area (Å²) in [5, 5.41) is 11.3. The van der Waals surface area contributed by atoms with Crippen LogP contribution < -0.4 is 15.8 Å². The highest BCUT2D eigenvalue weighted by Crippen LogP contribution is 2.27. The number of hydrogen-bond donors (Lipinski definition) is 2. The fourth-order valence-electron chi connectivity index (χ4n) is 5.29. The van der Waals surface area contributed by atoms with Crippen LogP contribution in [0, 0.1) is 12.3 Å². The molecule has 0 spiro atoms. The summed E-state index contributed by atoms with van der Waals surface area (Å²) in [4.78, 5) is 35.6. The first-order chi connectivity index (χ1) is 18.9. The highest BCUT2D eigenvalue weighted by molar-refractivity contribution is 5.95. The summed E-state index contributed by atoms with van der Waals surface area (Å²) < 4.78 is 1.61. The van der Waals surface area contributed by atoms with Gasteiger partial charge in [-0.05, 0) is 55.9 Å². The van der Waals surface area contributed by atoms with Crippen molar-refractivity contribution in [2.45, 2.75) is 58.0 Å². The van der Waals surface area contributed by atoms with E-state index in [2.05, 4.69) is 51.3 Å². The van der Waals surface area contributed by atoms with Gasteiger partial charge in [-0.1, -0.05) is 49.7 Å². The molecule has 3 aromatic rings. The molecule has 1 amide bonds. The van der Waals surface area contributed by atoms with Crippen molar-refractivity contribution in [2.24, 2.45) is 0 Å². The van der Waals surface area contributed by atoms with Crippen LogP contribution >= 0.6 is 0 Å². The van der Waals surface area contributed by atoms with Crippen molar-refractivity contribution in [3.8, 4) is 5.69 Å². The summed E-state index contributed by atoms with van der Waals surface area (Å²) in [6.07, 6.45) is 7.99. The van der Waals surface area contributed by atoms with Crippen LogP contribution in [0.2, 0.25) is 0 Å². The maximum absolute atomic E-state index is 13.8. The normalized spacial score (nSPS) is 17.7. The molecule has 1 saturated carbocycles. The number of anilines is 1. The number of piperazine rings is 1. The maximum atomic E-state index is 13.8. The van der Waals surface area contributed by atoms with Gasteiger partial charge in [0.05, 0.1) is 11.7 Å². The Morgan fingerprint density at radius 2 is 1.90 bits per heavy atom. The number of hydrogen-bond acceptors (Lipinski definition) is 6. The van der Waals surface area contributed by atoms with Crippen molar-refractivity contribution in [1.82, 2.24) is 19.8 Å². The lowest BCUT2D eigenvalue weighted by molar-refractivity contribution is 0.0951. The molecule has 2 aromatic carbocycles. The molecule has 0 radical (unpaired) electrons. The quantitative estimate of drug-likeness (QED) is 0.379. The third kappa shape index (κ3) is 6.28. The molecular weight excluding hydrogens is 488 g/mol. The third-order valence-electron chi connectivity index (χ3n) is 7.69. The predicted molar refractivity (Wildman–Crippen MR) is 155 cm³/mol. The van der Waals surface area contributed by atoms with Crippen LogP contribution in [0.3, 0.4) is 0 Å². The Morgan fingerprint density at radius 3 is 2.64 bits per heavy atom. The highest BCUT2D eigenvalue weighted by Gasteiger charge is 2.30. The molecule has 204 valence electrons. The summed E-state index contributed by atoms with van der Waals surface area (Å²) in [5.74, 6) is 0.318. The summed E-state index contributed by atoms with van der Waals surface area (Å²) >= 11 is 0. The summed E-state index contributed by atoms with van der Waals surface area (Å²) in [6, 6.07) is 16.3. The Morgan fingerprint density at radius 1 is 1.10 bits per heavy atom. The van der Waals surface area contributed by atoms with Gasteiger partial charge in [0.1, 0.15) is 0 Å². The molecule has 2 N–H and O–H groups in total. The first kappa shape index (κ1) is 26.8. The van der Waals surface area contributed by atoms with Gasteiger partial charge in [0.15, 0.2) is 5.82 Å². The van der Waals surface area contributed by atoms with E-state index in [0.29, 0.717) is 30.2 Å². The molecule has 8 heteroatoms. The summed E-state index contributed by atoms with van der Waals surface area (Å²) in [5.41, 5.74) is 3.97. The second-order valence-corrected chi connectivity index (χ2v) is 10.7. The van der Waals surface area contributed by atoms with Crippen molar-refractivity contribution < 1.29 is 4.79 Å². The van der Waals surface area contributed by atoms with E-state index in [9.17, 15) is 9.59 Å². The second kappa shape index (κ2) is 11.9. The van der Waals surface area contributed by atoms with Crippen molar-refractivity contribution in [3.63, 3.8) is 0 Å². The van der Waals surface area contributed by atoms with Gasteiger partial charge in [0.25, 0.3) is 11.5 Å². The third-order valence-corrected chi connectivity index (χ3v) is 7.69. The van der Waals surface area contributed by atoms with Gasteiger partial charge in [-0.25, -0.2) is 4.98 Å². The SMILES string of the molecule is CCCC(=N)CCN1CCN(c2nccn(-c3cc(C(=O)NC4CC4)ccc3C)c2=O)CC1c1ccccc1. The average molecular weight is 527 g/mol. The van der Waals surface area contributed by atoms with Gasteiger partial charge in [0, 0.05) is 55.9 Å². The molecular formula is C31H38N6O2. The smallest absolute Gasteiger partial charge is 0.298 e. The monoisotopic (exact) mass is 526 g/mol. The number of nitrogens with zero attached hydrogens (tertiary/aromatic N) is 4. The minimum atomic E-state index is -0.190. The number of benzene rings is 2. The lowest BCUT2D eigenvalue weighted by Gasteiger charge is -2.42. The zero-order chi connectivity index (χ0) is 27.4. The number of carbonyl (C=O) groups is 1. The first-order valence-electron chi connectivity index (χ1n) is 14.0. The first-order valence-corrected chi connectivity index (χ1v) is 14.0. The molecule has 0 bridgehead atoms. The molecule has 1 aliphatic carbocycles. The van der Waals surface area contributed by atoms with Crippen LogP contribution in [0.4, 0.5) is 5.82 Å². The van der Waals surface area contributed by atoms with E-state index in [1.807, 2.05) is 25.1 Å².